The molecule has 0 aliphatic heterocycles. The van der Waals surface area contributed by atoms with Crippen molar-refractivity contribution in [2.24, 2.45) is 0 Å². The second-order valence-corrected chi connectivity index (χ2v) is 4.46. The molecule has 21 heavy (non-hydrogen) atoms. The molecule has 2 rings (SSSR count). The van der Waals surface area contributed by atoms with Gasteiger partial charge in [0.1, 0.15) is 0 Å². The quantitative estimate of drug-likeness (QED) is 0.495. The summed E-state index contributed by atoms with van der Waals surface area (Å²) in [4.78, 5) is 30.1. The molecule has 0 fully saturated rings. The van der Waals surface area contributed by atoms with E-state index in [4.69, 9.17) is 4.74 Å². The van der Waals surface area contributed by atoms with Crippen molar-refractivity contribution in [3.8, 4) is 0 Å². The van der Waals surface area contributed by atoms with Gasteiger partial charge in [-0.15, -0.1) is 0 Å². The van der Waals surface area contributed by atoms with Crippen LogP contribution >= 0.6 is 0 Å². The molecular weight excluding hydrogens is 274 g/mol. The van der Waals surface area contributed by atoms with Crippen molar-refractivity contribution in [3.05, 3.63) is 64.2 Å². The number of H-pyrrole nitrogens is 1. The van der Waals surface area contributed by atoms with Crippen molar-refractivity contribution in [1.82, 2.24) is 9.97 Å². The first-order valence-corrected chi connectivity index (χ1v) is 6.45. The number of hydrogen-bond donors (Lipinski definition) is 1. The maximum Gasteiger partial charge on any atom is 0.390 e. The molecule has 2 aromatic rings. The summed E-state index contributed by atoms with van der Waals surface area (Å²) < 4.78 is 4.96. The van der Waals surface area contributed by atoms with Gasteiger partial charge in [0, 0.05) is 22.4 Å². The van der Waals surface area contributed by atoms with Crippen molar-refractivity contribution < 1.29 is 14.5 Å². The number of carbonyl (C=O) groups is 1. The average molecular weight is 289 g/mol. The van der Waals surface area contributed by atoms with Crippen molar-refractivity contribution in [2.45, 2.75) is 18.9 Å². The van der Waals surface area contributed by atoms with Gasteiger partial charge in [0.25, 0.3) is 0 Å². The summed E-state index contributed by atoms with van der Waals surface area (Å²) in [6.07, 6.45) is 2.72. The lowest BCUT2D eigenvalue weighted by Crippen LogP contribution is -2.46. The maximum absolute atomic E-state index is 12.3. The van der Waals surface area contributed by atoms with Gasteiger partial charge in [-0.2, -0.15) is 0 Å². The van der Waals surface area contributed by atoms with Crippen molar-refractivity contribution in [2.75, 3.05) is 6.61 Å². The van der Waals surface area contributed by atoms with E-state index in [0.29, 0.717) is 5.69 Å². The van der Waals surface area contributed by atoms with Gasteiger partial charge in [-0.25, -0.2) is 9.78 Å². The second-order valence-electron chi connectivity index (χ2n) is 4.46. The zero-order chi connectivity index (χ0) is 15.3. The first-order chi connectivity index (χ1) is 10.1. The van der Waals surface area contributed by atoms with Crippen LogP contribution in [-0.2, 0) is 21.5 Å². The molecule has 110 valence electrons. The number of ether oxygens (including phenoxy) is 1. The number of rotatable bonds is 6. The van der Waals surface area contributed by atoms with Gasteiger partial charge in [0.2, 0.25) is 0 Å². The Balaban J connectivity index is 2.54. The largest absolute Gasteiger partial charge is 0.460 e. The van der Waals surface area contributed by atoms with E-state index >= 15 is 0 Å². The predicted molar refractivity (Wildman–Crippen MR) is 74.0 cm³/mol. The minimum atomic E-state index is -1.98. The highest BCUT2D eigenvalue weighted by Gasteiger charge is 2.54. The Labute approximate surface area is 121 Å². The monoisotopic (exact) mass is 289 g/mol. The van der Waals surface area contributed by atoms with Gasteiger partial charge in [-0.05, 0) is 6.92 Å². The molecule has 1 aromatic carbocycles. The minimum Gasteiger partial charge on any atom is -0.460 e. The third kappa shape index (κ3) is 2.76. The molecule has 1 heterocycles. The zero-order valence-electron chi connectivity index (χ0n) is 11.5. The van der Waals surface area contributed by atoms with Crippen LogP contribution in [-0.4, -0.2) is 27.5 Å². The fourth-order valence-electron chi connectivity index (χ4n) is 2.16. The fraction of sp³-hybridized carbons (Fsp3) is 0.286. The van der Waals surface area contributed by atoms with Crippen LogP contribution in [0, 0.1) is 10.1 Å². The molecule has 0 spiro atoms. The molecule has 1 aromatic heterocycles. The highest BCUT2D eigenvalue weighted by molar-refractivity contribution is 5.81. The SMILES string of the molecule is CCOC(=O)C(Cc1cnc[nH]1)(c1ccccc1)[N+](=O)[O-]. The van der Waals surface area contributed by atoms with Gasteiger partial charge >= 0.3 is 11.5 Å². The number of imidazole rings is 1. The number of esters is 1. The summed E-state index contributed by atoms with van der Waals surface area (Å²) in [5.74, 6) is -0.879. The topological polar surface area (TPSA) is 98.1 Å². The number of benzene rings is 1. The Morgan fingerprint density at radius 3 is 2.67 bits per heavy atom. The Hall–Kier alpha value is -2.70. The molecule has 0 saturated heterocycles. The van der Waals surface area contributed by atoms with Crippen LogP contribution in [0.3, 0.4) is 0 Å². The molecule has 1 atom stereocenters. The van der Waals surface area contributed by atoms with E-state index in [1.54, 1.807) is 37.3 Å². The van der Waals surface area contributed by atoms with Crippen molar-refractivity contribution >= 4 is 5.97 Å². The first kappa shape index (κ1) is 14.7. The number of hydrogen-bond acceptors (Lipinski definition) is 5. The standard InChI is InChI=1S/C14H15N3O4/c1-2-21-13(18)14(17(19)20,8-12-9-15-10-16-12)11-6-4-3-5-7-11/h3-7,9-10H,2,8H2,1H3,(H,15,16). The van der Waals surface area contributed by atoms with Gasteiger partial charge in [0.05, 0.1) is 19.4 Å². The van der Waals surface area contributed by atoms with Crippen LogP contribution in [0.1, 0.15) is 18.2 Å². The minimum absolute atomic E-state index is 0.0736. The number of aromatic amines is 1. The fourth-order valence-corrected chi connectivity index (χ4v) is 2.16. The Kier molecular flexibility index (Phi) is 4.32. The molecule has 0 saturated carbocycles. The molecule has 7 nitrogen and oxygen atoms in total. The number of nitrogens with one attached hydrogen (secondary N) is 1. The van der Waals surface area contributed by atoms with Gasteiger partial charge in [-0.1, -0.05) is 30.3 Å². The average Bonchev–Trinajstić information content (AvgIpc) is 2.98. The maximum atomic E-state index is 12.3. The molecule has 0 aliphatic carbocycles. The van der Waals surface area contributed by atoms with Crippen LogP contribution in [0.4, 0.5) is 0 Å². The molecule has 1 unspecified atom stereocenters. The second kappa shape index (κ2) is 6.17. The smallest absolute Gasteiger partial charge is 0.390 e. The van der Waals surface area contributed by atoms with E-state index in [1.165, 1.54) is 12.5 Å². The number of carbonyl (C=O) groups excluding carboxylic acids is 1. The normalized spacial score (nSPS) is 13.4. The molecule has 0 aliphatic rings. The van der Waals surface area contributed by atoms with E-state index in [1.807, 2.05) is 0 Å². The van der Waals surface area contributed by atoms with E-state index in [-0.39, 0.29) is 18.6 Å². The number of nitro groups is 1. The van der Waals surface area contributed by atoms with Crippen molar-refractivity contribution in [3.63, 3.8) is 0 Å². The van der Waals surface area contributed by atoms with Crippen LogP contribution in [0.15, 0.2) is 42.9 Å². The summed E-state index contributed by atoms with van der Waals surface area (Å²) in [7, 11) is 0. The number of aromatic nitrogens is 2. The highest BCUT2D eigenvalue weighted by atomic mass is 16.6. The molecule has 0 amide bonds. The van der Waals surface area contributed by atoms with Crippen LogP contribution < -0.4 is 0 Å². The van der Waals surface area contributed by atoms with Crippen molar-refractivity contribution in [1.29, 1.82) is 0 Å². The Morgan fingerprint density at radius 2 is 2.14 bits per heavy atom. The Bertz CT molecular complexity index is 612. The van der Waals surface area contributed by atoms with E-state index < -0.39 is 16.4 Å². The van der Waals surface area contributed by atoms with Crippen LogP contribution in [0.5, 0.6) is 0 Å². The van der Waals surface area contributed by atoms with E-state index in [0.717, 1.165) is 0 Å². The molecule has 1 N–H and O–H groups in total. The summed E-state index contributed by atoms with van der Waals surface area (Å²) in [6.45, 7) is 1.69. The summed E-state index contributed by atoms with van der Waals surface area (Å²) in [6, 6.07) is 8.14. The number of nitrogens with zero attached hydrogens (tertiary/aromatic N) is 2. The molecule has 0 bridgehead atoms. The highest BCUT2D eigenvalue weighted by Crippen LogP contribution is 2.30. The summed E-state index contributed by atoms with van der Waals surface area (Å²) >= 11 is 0. The van der Waals surface area contributed by atoms with Gasteiger partial charge < -0.3 is 9.72 Å². The third-order valence-corrected chi connectivity index (χ3v) is 3.18. The zero-order valence-corrected chi connectivity index (χ0v) is 11.5. The van der Waals surface area contributed by atoms with Gasteiger partial charge in [-0.3, -0.25) is 10.1 Å². The van der Waals surface area contributed by atoms with E-state index in [9.17, 15) is 14.9 Å². The third-order valence-electron chi connectivity index (χ3n) is 3.18. The van der Waals surface area contributed by atoms with Gasteiger partial charge in [0.15, 0.2) is 0 Å². The molecule has 0 radical (unpaired) electrons. The summed E-state index contributed by atoms with van der Waals surface area (Å²) in [5.41, 5.74) is -1.21. The summed E-state index contributed by atoms with van der Waals surface area (Å²) in [5, 5.41) is 11.7. The predicted octanol–water partition coefficient (Wildman–Crippen LogP) is 1.69. The van der Waals surface area contributed by atoms with Crippen LogP contribution in [0.25, 0.3) is 0 Å². The lowest BCUT2D eigenvalue weighted by Gasteiger charge is -2.23. The molecular formula is C14H15N3O4. The van der Waals surface area contributed by atoms with Crippen LogP contribution in [0.2, 0.25) is 0 Å². The first-order valence-electron chi connectivity index (χ1n) is 6.45. The lowest BCUT2D eigenvalue weighted by atomic mass is 9.86. The lowest BCUT2D eigenvalue weighted by molar-refractivity contribution is -0.564. The molecule has 7 heteroatoms. The Morgan fingerprint density at radius 1 is 1.43 bits per heavy atom. The van der Waals surface area contributed by atoms with E-state index in [2.05, 4.69) is 9.97 Å².